The Hall–Kier alpha value is -3.88. The summed E-state index contributed by atoms with van der Waals surface area (Å²) in [7, 11) is 0. The topological polar surface area (TPSA) is 68.7 Å². The Bertz CT molecular complexity index is 1570. The van der Waals surface area contributed by atoms with E-state index in [1.807, 2.05) is 83.3 Å². The Morgan fingerprint density at radius 3 is 2.69 bits per heavy atom. The van der Waals surface area contributed by atoms with Crippen molar-refractivity contribution in [3.63, 3.8) is 0 Å². The van der Waals surface area contributed by atoms with Gasteiger partial charge in [0.15, 0.2) is 6.10 Å². The summed E-state index contributed by atoms with van der Waals surface area (Å²) in [6, 6.07) is 14.1. The lowest BCUT2D eigenvalue weighted by Gasteiger charge is -2.29. The lowest BCUT2D eigenvalue weighted by molar-refractivity contribution is -0.160. The van der Waals surface area contributed by atoms with E-state index >= 15 is 0 Å². The molecule has 0 saturated carbocycles. The zero-order valence-electron chi connectivity index (χ0n) is 21.2. The number of pyridine rings is 1. The number of fused-ring (bicyclic) bond motifs is 1. The molecule has 1 aliphatic heterocycles. The molecule has 5 heteroatoms. The Balaban J connectivity index is 1.91. The van der Waals surface area contributed by atoms with Gasteiger partial charge in [-0.25, -0.2) is 4.79 Å². The van der Waals surface area contributed by atoms with Gasteiger partial charge < -0.3 is 14.6 Å². The highest BCUT2D eigenvalue weighted by Gasteiger charge is 2.32. The quantitative estimate of drug-likeness (QED) is 0.334. The molecule has 3 aromatic carbocycles. The first-order chi connectivity index (χ1) is 17.2. The summed E-state index contributed by atoms with van der Waals surface area (Å²) in [5, 5.41) is 13.2. The molecule has 2 heterocycles. The number of rotatable bonds is 4. The smallest absolute Gasteiger partial charge is 0.337 e. The van der Waals surface area contributed by atoms with E-state index in [4.69, 9.17) is 14.5 Å². The Morgan fingerprint density at radius 2 is 1.97 bits per heavy atom. The fourth-order valence-corrected chi connectivity index (χ4v) is 5.10. The van der Waals surface area contributed by atoms with Crippen molar-refractivity contribution in [1.82, 2.24) is 4.98 Å². The summed E-state index contributed by atoms with van der Waals surface area (Å²) in [6.07, 6.45) is 1.48. The molecular formula is C31H29NO4. The fraction of sp³-hybridized carbons (Fsp3) is 0.290. The molecule has 0 saturated heterocycles. The number of hydrogen-bond acceptors (Lipinski definition) is 4. The van der Waals surface area contributed by atoms with Crippen LogP contribution in [0.5, 0.6) is 5.75 Å². The highest BCUT2D eigenvalue weighted by atomic mass is 16.5. The standard InChI is InChI=1S/C31H29NO4/c1-6-7-19-8-9-22-21(17-19)16-18(2)25(29(30(33)34)36-31(3,4)5)27(22)23-10-11-24-26-20(13-15-35-24)12-14-32-28(23)26/h8-12,14,16-17,29H,13,15H2,1-5H3,(H,33,34)/t29-/m1/s1. The van der Waals surface area contributed by atoms with Crippen LogP contribution in [0.25, 0.3) is 32.8 Å². The number of aromatic nitrogens is 1. The molecule has 0 radical (unpaired) electrons. The number of aliphatic carboxylic acids is 1. The van der Waals surface area contributed by atoms with Crippen LogP contribution in [0.4, 0.5) is 0 Å². The van der Waals surface area contributed by atoms with Crippen molar-refractivity contribution in [3.8, 4) is 28.7 Å². The second-order valence-corrected chi connectivity index (χ2v) is 10.1. The Labute approximate surface area is 211 Å². The molecule has 0 fully saturated rings. The van der Waals surface area contributed by atoms with Gasteiger partial charge in [-0.15, -0.1) is 5.92 Å². The largest absolute Gasteiger partial charge is 0.493 e. The maximum absolute atomic E-state index is 12.6. The second kappa shape index (κ2) is 8.96. The minimum atomic E-state index is -1.15. The first-order valence-electron chi connectivity index (χ1n) is 12.1. The van der Waals surface area contributed by atoms with Crippen LogP contribution in [0, 0.1) is 18.8 Å². The number of hydrogen-bond donors (Lipinski definition) is 1. The average Bonchev–Trinajstić information content (AvgIpc) is 2.82. The van der Waals surface area contributed by atoms with Crippen molar-refractivity contribution < 1.29 is 19.4 Å². The molecule has 36 heavy (non-hydrogen) atoms. The summed E-state index contributed by atoms with van der Waals surface area (Å²) in [4.78, 5) is 17.4. The van der Waals surface area contributed by atoms with Crippen LogP contribution < -0.4 is 4.74 Å². The van der Waals surface area contributed by atoms with Gasteiger partial charge in [0.25, 0.3) is 0 Å². The van der Waals surface area contributed by atoms with E-state index in [2.05, 4.69) is 11.8 Å². The molecule has 1 aromatic heterocycles. The van der Waals surface area contributed by atoms with Crippen molar-refractivity contribution in [2.24, 2.45) is 0 Å². The first-order valence-corrected chi connectivity index (χ1v) is 12.1. The number of ether oxygens (including phenoxy) is 2. The van der Waals surface area contributed by atoms with Crippen molar-refractivity contribution in [2.75, 3.05) is 6.61 Å². The lowest BCUT2D eigenvalue weighted by Crippen LogP contribution is -2.28. The fourth-order valence-electron chi connectivity index (χ4n) is 5.10. The molecule has 0 aliphatic carbocycles. The van der Waals surface area contributed by atoms with Gasteiger partial charge in [-0.05, 0) is 92.4 Å². The number of aryl methyl sites for hydroxylation is 1. The molecule has 1 aliphatic rings. The maximum atomic E-state index is 12.6. The average molecular weight is 480 g/mol. The summed E-state index contributed by atoms with van der Waals surface area (Å²) in [6.45, 7) is 10.0. The van der Waals surface area contributed by atoms with Gasteiger partial charge in [0.2, 0.25) is 0 Å². The van der Waals surface area contributed by atoms with E-state index in [-0.39, 0.29) is 0 Å². The van der Waals surface area contributed by atoms with Crippen LogP contribution in [0.15, 0.2) is 48.7 Å². The molecule has 0 amide bonds. The molecule has 4 aromatic rings. The van der Waals surface area contributed by atoms with Gasteiger partial charge in [0, 0.05) is 34.7 Å². The second-order valence-electron chi connectivity index (χ2n) is 10.1. The molecule has 5 rings (SSSR count). The molecule has 1 atom stereocenters. The van der Waals surface area contributed by atoms with Gasteiger partial charge in [-0.3, -0.25) is 4.98 Å². The highest BCUT2D eigenvalue weighted by molar-refractivity contribution is 6.09. The van der Waals surface area contributed by atoms with Crippen molar-refractivity contribution in [2.45, 2.75) is 52.7 Å². The van der Waals surface area contributed by atoms with Crippen molar-refractivity contribution in [3.05, 3.63) is 70.9 Å². The number of carboxylic acids is 1. The minimum absolute atomic E-state index is 0.631. The number of nitrogens with zero attached hydrogens (tertiary/aromatic N) is 1. The highest BCUT2D eigenvalue weighted by Crippen LogP contribution is 2.45. The zero-order valence-corrected chi connectivity index (χ0v) is 21.2. The summed E-state index contributed by atoms with van der Waals surface area (Å²) >= 11 is 0. The van der Waals surface area contributed by atoms with Crippen molar-refractivity contribution in [1.29, 1.82) is 0 Å². The summed E-state index contributed by atoms with van der Waals surface area (Å²) < 4.78 is 12.1. The molecule has 0 unspecified atom stereocenters. The molecule has 5 nitrogen and oxygen atoms in total. The van der Waals surface area contributed by atoms with Gasteiger partial charge in [-0.1, -0.05) is 18.1 Å². The number of carbonyl (C=O) groups is 1. The third-order valence-corrected chi connectivity index (χ3v) is 6.45. The van der Waals surface area contributed by atoms with Crippen LogP contribution in [-0.4, -0.2) is 28.3 Å². The summed E-state index contributed by atoms with van der Waals surface area (Å²) in [5.41, 5.74) is 5.40. The molecule has 1 N–H and O–H groups in total. The van der Waals surface area contributed by atoms with Crippen LogP contribution in [0.2, 0.25) is 0 Å². The first kappa shape index (κ1) is 23.8. The third-order valence-electron chi connectivity index (χ3n) is 6.45. The van der Waals surface area contributed by atoms with E-state index in [9.17, 15) is 9.90 Å². The predicted octanol–water partition coefficient (Wildman–Crippen LogP) is 6.61. The van der Waals surface area contributed by atoms with Gasteiger partial charge in [-0.2, -0.15) is 0 Å². The van der Waals surface area contributed by atoms with Crippen LogP contribution in [-0.2, 0) is 16.0 Å². The maximum Gasteiger partial charge on any atom is 0.337 e. The van der Waals surface area contributed by atoms with Crippen LogP contribution >= 0.6 is 0 Å². The third kappa shape index (κ3) is 4.19. The zero-order chi connectivity index (χ0) is 25.6. The van der Waals surface area contributed by atoms with Crippen LogP contribution in [0.1, 0.15) is 56.1 Å². The SMILES string of the molecule is CC#Cc1ccc2c(-c3ccc4c5c(ccnc35)CCO4)c([C@@H](OC(C)(C)C)C(=O)O)c(C)cc2c1. The van der Waals surface area contributed by atoms with E-state index in [0.717, 1.165) is 56.1 Å². The monoisotopic (exact) mass is 479 g/mol. The Kier molecular flexibility index (Phi) is 5.94. The minimum Gasteiger partial charge on any atom is -0.493 e. The van der Waals surface area contributed by atoms with Crippen LogP contribution in [0.3, 0.4) is 0 Å². The number of benzene rings is 3. The molecule has 182 valence electrons. The van der Waals surface area contributed by atoms with E-state index in [1.165, 1.54) is 5.56 Å². The van der Waals surface area contributed by atoms with E-state index in [0.29, 0.717) is 12.2 Å². The van der Waals surface area contributed by atoms with Gasteiger partial charge in [0.05, 0.1) is 17.7 Å². The molecular weight excluding hydrogens is 450 g/mol. The van der Waals surface area contributed by atoms with Gasteiger partial charge >= 0.3 is 5.97 Å². The predicted molar refractivity (Wildman–Crippen MR) is 142 cm³/mol. The lowest BCUT2D eigenvalue weighted by atomic mass is 9.85. The summed E-state index contributed by atoms with van der Waals surface area (Å²) in [5.74, 6) is 5.87. The van der Waals surface area contributed by atoms with E-state index < -0.39 is 17.7 Å². The van der Waals surface area contributed by atoms with E-state index in [1.54, 1.807) is 0 Å². The normalized spacial score (nSPS) is 13.7. The number of carboxylic acid groups (broad SMARTS) is 1. The Morgan fingerprint density at radius 1 is 1.17 bits per heavy atom. The van der Waals surface area contributed by atoms with Gasteiger partial charge in [0.1, 0.15) is 5.75 Å². The molecule has 0 bridgehead atoms. The van der Waals surface area contributed by atoms with Crippen molar-refractivity contribution >= 4 is 27.6 Å². The molecule has 0 spiro atoms.